The third-order valence-electron chi connectivity index (χ3n) is 4.96. The first-order valence-corrected chi connectivity index (χ1v) is 9.55. The van der Waals surface area contributed by atoms with Crippen LogP contribution in [-0.2, 0) is 9.47 Å². The molecular weight excluding hydrogens is 366 g/mol. The van der Waals surface area contributed by atoms with Crippen molar-refractivity contribution in [3.05, 3.63) is 95.6 Å². The van der Waals surface area contributed by atoms with E-state index in [0.717, 1.165) is 0 Å². The van der Waals surface area contributed by atoms with Gasteiger partial charge in [0.15, 0.2) is 0 Å². The molecule has 0 saturated heterocycles. The molecule has 3 aromatic carbocycles. The van der Waals surface area contributed by atoms with Gasteiger partial charge >= 0.3 is 12.1 Å². The fourth-order valence-corrected chi connectivity index (χ4v) is 3.60. The summed E-state index contributed by atoms with van der Waals surface area (Å²) in [6.45, 7) is 0.525. The molecule has 0 radical (unpaired) electrons. The number of hydrogen-bond donors (Lipinski definition) is 1. The van der Waals surface area contributed by atoms with Crippen LogP contribution < -0.4 is 5.32 Å². The summed E-state index contributed by atoms with van der Waals surface area (Å²) < 4.78 is 10.6. The van der Waals surface area contributed by atoms with Crippen LogP contribution in [-0.4, -0.2) is 31.8 Å². The summed E-state index contributed by atoms with van der Waals surface area (Å²) >= 11 is 0. The van der Waals surface area contributed by atoms with Crippen LogP contribution in [0.25, 0.3) is 11.1 Å². The highest BCUT2D eigenvalue weighted by Crippen LogP contribution is 2.44. The smallest absolute Gasteiger partial charge is 0.407 e. The van der Waals surface area contributed by atoms with E-state index in [4.69, 9.17) is 9.47 Å². The van der Waals surface area contributed by atoms with Gasteiger partial charge in [-0.2, -0.15) is 0 Å². The van der Waals surface area contributed by atoms with Crippen LogP contribution >= 0.6 is 0 Å². The summed E-state index contributed by atoms with van der Waals surface area (Å²) in [5, 5.41) is 2.62. The molecule has 1 amide bonds. The molecule has 0 saturated carbocycles. The van der Waals surface area contributed by atoms with E-state index in [0.29, 0.717) is 5.56 Å². The lowest BCUT2D eigenvalue weighted by Gasteiger charge is -2.14. The van der Waals surface area contributed by atoms with E-state index in [2.05, 4.69) is 29.6 Å². The van der Waals surface area contributed by atoms with E-state index in [1.165, 1.54) is 22.3 Å². The lowest BCUT2D eigenvalue weighted by molar-refractivity contribution is 0.0504. The molecule has 0 atom stereocenters. The summed E-state index contributed by atoms with van der Waals surface area (Å²) in [4.78, 5) is 23.9. The van der Waals surface area contributed by atoms with Crippen molar-refractivity contribution < 1.29 is 19.1 Å². The Morgan fingerprint density at radius 1 is 0.759 bits per heavy atom. The number of amides is 1. The predicted molar refractivity (Wildman–Crippen MR) is 110 cm³/mol. The van der Waals surface area contributed by atoms with Crippen molar-refractivity contribution in [3.63, 3.8) is 0 Å². The number of alkyl carbamates (subject to hydrolysis) is 1. The van der Waals surface area contributed by atoms with Gasteiger partial charge in [0.1, 0.15) is 13.2 Å². The Hall–Kier alpha value is -3.60. The lowest BCUT2D eigenvalue weighted by Crippen LogP contribution is -2.29. The van der Waals surface area contributed by atoms with Gasteiger partial charge in [-0.3, -0.25) is 0 Å². The van der Waals surface area contributed by atoms with E-state index < -0.39 is 12.1 Å². The maximum absolute atomic E-state index is 12.1. The molecule has 0 spiro atoms. The van der Waals surface area contributed by atoms with Crippen LogP contribution in [0.4, 0.5) is 4.79 Å². The van der Waals surface area contributed by atoms with Gasteiger partial charge in [-0.25, -0.2) is 9.59 Å². The summed E-state index contributed by atoms with van der Waals surface area (Å²) in [5.74, 6) is -0.399. The minimum atomic E-state index is -0.525. The highest BCUT2D eigenvalue weighted by molar-refractivity contribution is 5.89. The maximum atomic E-state index is 12.1. The molecule has 29 heavy (non-hydrogen) atoms. The number of benzene rings is 3. The standard InChI is InChI=1S/C24H21NO4/c26-23(17-8-2-1-3-9-17)28-15-14-25-24(27)29-16-22-20-12-6-4-10-18(20)19-11-5-7-13-21(19)22/h1-13,22H,14-16H2,(H,25,27). The maximum Gasteiger partial charge on any atom is 0.407 e. The van der Waals surface area contributed by atoms with Gasteiger partial charge < -0.3 is 14.8 Å². The van der Waals surface area contributed by atoms with E-state index >= 15 is 0 Å². The van der Waals surface area contributed by atoms with Crippen molar-refractivity contribution >= 4 is 12.1 Å². The zero-order valence-electron chi connectivity index (χ0n) is 15.8. The van der Waals surface area contributed by atoms with Gasteiger partial charge in [-0.05, 0) is 34.4 Å². The highest BCUT2D eigenvalue weighted by Gasteiger charge is 2.28. The second-order valence-electron chi connectivity index (χ2n) is 6.75. The Morgan fingerprint density at radius 3 is 2.00 bits per heavy atom. The van der Waals surface area contributed by atoms with Crippen LogP contribution in [0.15, 0.2) is 78.9 Å². The van der Waals surface area contributed by atoms with Crippen LogP contribution in [0.2, 0.25) is 0 Å². The molecule has 1 aliphatic carbocycles. The van der Waals surface area contributed by atoms with E-state index in [-0.39, 0.29) is 25.7 Å². The molecule has 0 aromatic heterocycles. The second kappa shape index (κ2) is 8.61. The number of rotatable bonds is 6. The quantitative estimate of drug-likeness (QED) is 0.504. The Morgan fingerprint density at radius 2 is 1.34 bits per heavy atom. The molecule has 1 aliphatic rings. The summed E-state index contributed by atoms with van der Waals surface area (Å²) in [7, 11) is 0. The molecule has 5 nitrogen and oxygen atoms in total. The highest BCUT2D eigenvalue weighted by atomic mass is 16.6. The first-order valence-electron chi connectivity index (χ1n) is 9.55. The average Bonchev–Trinajstić information content (AvgIpc) is 3.09. The fraction of sp³-hybridized carbons (Fsp3) is 0.167. The molecule has 146 valence electrons. The van der Waals surface area contributed by atoms with E-state index in [1.807, 2.05) is 30.3 Å². The zero-order valence-corrected chi connectivity index (χ0v) is 15.8. The molecule has 0 unspecified atom stereocenters. The third-order valence-corrected chi connectivity index (χ3v) is 4.96. The van der Waals surface area contributed by atoms with Gasteiger partial charge in [-0.1, -0.05) is 66.7 Å². The van der Waals surface area contributed by atoms with E-state index in [1.54, 1.807) is 24.3 Å². The van der Waals surface area contributed by atoms with Crippen molar-refractivity contribution in [2.45, 2.75) is 5.92 Å². The first-order chi connectivity index (χ1) is 14.2. The van der Waals surface area contributed by atoms with Crippen molar-refractivity contribution in [2.75, 3.05) is 19.8 Å². The molecule has 1 N–H and O–H groups in total. The van der Waals surface area contributed by atoms with Crippen LogP contribution in [0.5, 0.6) is 0 Å². The van der Waals surface area contributed by atoms with Crippen LogP contribution in [0.1, 0.15) is 27.4 Å². The molecule has 0 aliphatic heterocycles. The summed E-state index contributed by atoms with van der Waals surface area (Å²) in [5.41, 5.74) is 5.18. The zero-order chi connectivity index (χ0) is 20.1. The number of carbonyl (C=O) groups excluding carboxylic acids is 2. The Balaban J connectivity index is 1.27. The van der Waals surface area contributed by atoms with Crippen LogP contribution in [0.3, 0.4) is 0 Å². The normalized spacial score (nSPS) is 12.0. The number of esters is 1. The SMILES string of the molecule is O=C(NCCOC(=O)c1ccccc1)OCC1c2ccccc2-c2ccccc21. The van der Waals surface area contributed by atoms with Gasteiger partial charge in [-0.15, -0.1) is 0 Å². The van der Waals surface area contributed by atoms with Crippen molar-refractivity contribution in [1.82, 2.24) is 5.32 Å². The topological polar surface area (TPSA) is 64.6 Å². The summed E-state index contributed by atoms with van der Waals surface area (Å²) in [6, 6.07) is 25.1. The van der Waals surface area contributed by atoms with Crippen molar-refractivity contribution in [3.8, 4) is 11.1 Å². The van der Waals surface area contributed by atoms with Crippen molar-refractivity contribution in [2.24, 2.45) is 0 Å². The summed E-state index contributed by atoms with van der Waals surface area (Å²) in [6.07, 6.45) is -0.525. The number of ether oxygens (including phenoxy) is 2. The fourth-order valence-electron chi connectivity index (χ4n) is 3.60. The Labute approximate surface area is 169 Å². The number of fused-ring (bicyclic) bond motifs is 3. The molecule has 4 rings (SSSR count). The molecule has 0 bridgehead atoms. The largest absolute Gasteiger partial charge is 0.460 e. The minimum absolute atomic E-state index is 0.0176. The van der Waals surface area contributed by atoms with Gasteiger partial charge in [0.2, 0.25) is 0 Å². The molecule has 0 heterocycles. The van der Waals surface area contributed by atoms with Crippen LogP contribution in [0, 0.1) is 0 Å². The van der Waals surface area contributed by atoms with Gasteiger partial charge in [0, 0.05) is 5.92 Å². The molecule has 3 aromatic rings. The number of hydrogen-bond acceptors (Lipinski definition) is 4. The van der Waals surface area contributed by atoms with E-state index in [9.17, 15) is 9.59 Å². The monoisotopic (exact) mass is 387 g/mol. The van der Waals surface area contributed by atoms with Crippen molar-refractivity contribution in [1.29, 1.82) is 0 Å². The Bertz CT molecular complexity index is 971. The first kappa shape index (κ1) is 18.7. The molecular formula is C24H21NO4. The average molecular weight is 387 g/mol. The third kappa shape index (κ3) is 4.14. The number of nitrogens with one attached hydrogen (secondary N) is 1. The van der Waals surface area contributed by atoms with Gasteiger partial charge in [0.05, 0.1) is 12.1 Å². The van der Waals surface area contributed by atoms with Gasteiger partial charge in [0.25, 0.3) is 0 Å². The second-order valence-corrected chi connectivity index (χ2v) is 6.75. The molecule has 0 fully saturated rings. The predicted octanol–water partition coefficient (Wildman–Crippen LogP) is 4.38. The Kier molecular flexibility index (Phi) is 5.56. The minimum Gasteiger partial charge on any atom is -0.460 e. The molecule has 5 heteroatoms. The lowest BCUT2D eigenvalue weighted by atomic mass is 9.98. The number of carbonyl (C=O) groups is 2.